The van der Waals surface area contributed by atoms with Crippen LogP contribution in [0.1, 0.15) is 85.4 Å². The minimum Gasteiger partial charge on any atom is -0.348 e. The van der Waals surface area contributed by atoms with Gasteiger partial charge in [0.1, 0.15) is 29.6 Å². The summed E-state index contributed by atoms with van der Waals surface area (Å²) in [6, 6.07) is 13.1. The monoisotopic (exact) mass is 780 g/mol. The number of alkyl halides is 6. The number of nitrogens with one attached hydrogen (secondary N) is 3. The number of halogens is 8. The van der Waals surface area contributed by atoms with Crippen molar-refractivity contribution in [3.63, 3.8) is 0 Å². The van der Waals surface area contributed by atoms with Crippen molar-refractivity contribution in [2.75, 3.05) is 0 Å². The molecule has 1 unspecified atom stereocenters. The molecule has 2 aromatic heterocycles. The number of pyridine rings is 1. The Kier molecular flexibility index (Phi) is 8.92. The SMILES string of the molecule is O=C(Cn1nc(C(F)F)c2c1C(F)(F)CCC2(F)F)NC(Cc1cc(F)cc(F)c1)c1ncc(-c2ccc3c(c2)C(=O)NC3)cc1-c1ccc2c(c1)C(=O)NC2. The van der Waals surface area contributed by atoms with Crippen molar-refractivity contribution >= 4 is 17.7 Å². The summed E-state index contributed by atoms with van der Waals surface area (Å²) in [5.74, 6) is -11.8. The second-order valence-corrected chi connectivity index (χ2v) is 13.8. The average Bonchev–Trinajstić information content (AvgIpc) is 3.84. The molecule has 2 aliphatic heterocycles. The molecule has 5 aromatic rings. The maximum atomic E-state index is 15.2. The van der Waals surface area contributed by atoms with Gasteiger partial charge in [-0.1, -0.05) is 24.3 Å². The Labute approximate surface area is 312 Å². The lowest BCUT2D eigenvalue weighted by atomic mass is 9.89. The lowest BCUT2D eigenvalue weighted by Crippen LogP contribution is -2.37. The molecule has 0 spiro atoms. The molecule has 0 saturated carbocycles. The standard InChI is InChI=1S/C39H28F8N6O3/c40-24-7-18(8-25(41)13-24)9-29(51-30(54)17-53-34-31(33(52-53)35(42)43)38(44,45)5-6-39(34,46)47)32-26(20-2-4-22-15-50-37(56)28(22)11-20)12-23(16-48-32)19-1-3-21-14-49-36(55)27(21)10-19/h1-4,7-8,10-13,16,29,35H,5-6,9,14-15,17H2,(H,49,55)(H,50,56)(H,51,54). The topological polar surface area (TPSA) is 118 Å². The van der Waals surface area contributed by atoms with Crippen LogP contribution in [0.3, 0.4) is 0 Å². The Morgan fingerprint density at radius 1 is 0.768 bits per heavy atom. The Morgan fingerprint density at radius 3 is 2.00 bits per heavy atom. The number of hydrogen-bond acceptors (Lipinski definition) is 5. The zero-order valence-corrected chi connectivity index (χ0v) is 28.8. The zero-order chi connectivity index (χ0) is 39.7. The number of benzene rings is 3. The highest BCUT2D eigenvalue weighted by Gasteiger charge is 2.55. The van der Waals surface area contributed by atoms with E-state index in [0.29, 0.717) is 51.6 Å². The first-order chi connectivity index (χ1) is 26.6. The molecule has 1 atom stereocenters. The predicted molar refractivity (Wildman–Crippen MR) is 183 cm³/mol. The number of carbonyl (C=O) groups is 3. The van der Waals surface area contributed by atoms with Crippen LogP contribution < -0.4 is 16.0 Å². The molecule has 3 aromatic carbocycles. The van der Waals surface area contributed by atoms with Gasteiger partial charge in [0.15, 0.2) is 0 Å². The second kappa shape index (κ2) is 13.6. The first-order valence-corrected chi connectivity index (χ1v) is 17.3. The number of nitrogens with zero attached hydrogens (tertiary/aromatic N) is 3. The molecule has 56 heavy (non-hydrogen) atoms. The summed E-state index contributed by atoms with van der Waals surface area (Å²) in [4.78, 5) is 43.6. The Balaban J connectivity index is 1.24. The van der Waals surface area contributed by atoms with E-state index in [1.54, 1.807) is 42.5 Å². The van der Waals surface area contributed by atoms with Crippen LogP contribution in [0.2, 0.25) is 0 Å². The van der Waals surface area contributed by atoms with Gasteiger partial charge in [-0.05, 0) is 64.6 Å². The van der Waals surface area contributed by atoms with Crippen LogP contribution in [-0.4, -0.2) is 32.5 Å². The maximum absolute atomic E-state index is 15.2. The summed E-state index contributed by atoms with van der Waals surface area (Å²) in [5, 5.41) is 11.4. The Hall–Kier alpha value is -6.13. The van der Waals surface area contributed by atoms with E-state index in [0.717, 1.165) is 17.7 Å². The highest BCUT2D eigenvalue weighted by molar-refractivity contribution is 6.00. The zero-order valence-electron chi connectivity index (χ0n) is 28.8. The van der Waals surface area contributed by atoms with Crippen molar-refractivity contribution in [2.45, 2.75) is 63.2 Å². The minimum atomic E-state index is -4.07. The van der Waals surface area contributed by atoms with Crippen molar-refractivity contribution in [3.8, 4) is 22.3 Å². The summed E-state index contributed by atoms with van der Waals surface area (Å²) in [6.07, 6.45) is -5.41. The van der Waals surface area contributed by atoms with E-state index in [1.165, 1.54) is 6.20 Å². The molecule has 3 N–H and O–H groups in total. The number of aromatic nitrogens is 3. The van der Waals surface area contributed by atoms with Crippen LogP contribution in [0.5, 0.6) is 0 Å². The van der Waals surface area contributed by atoms with E-state index in [4.69, 9.17) is 0 Å². The van der Waals surface area contributed by atoms with Crippen LogP contribution in [0.4, 0.5) is 35.1 Å². The van der Waals surface area contributed by atoms with Gasteiger partial charge in [0.05, 0.1) is 17.3 Å². The quantitative estimate of drug-likeness (QED) is 0.135. The van der Waals surface area contributed by atoms with Crippen molar-refractivity contribution < 1.29 is 49.5 Å². The third kappa shape index (κ3) is 6.64. The maximum Gasteiger partial charge on any atom is 0.290 e. The van der Waals surface area contributed by atoms with Crippen LogP contribution in [0.25, 0.3) is 22.3 Å². The summed E-state index contributed by atoms with van der Waals surface area (Å²) in [5.41, 5.74) is -0.586. The van der Waals surface area contributed by atoms with Gasteiger partial charge in [-0.2, -0.15) is 13.9 Å². The molecule has 3 amide bonds. The summed E-state index contributed by atoms with van der Waals surface area (Å²) >= 11 is 0. The highest BCUT2D eigenvalue weighted by atomic mass is 19.3. The molecule has 4 heterocycles. The molecule has 0 saturated heterocycles. The lowest BCUT2D eigenvalue weighted by Gasteiger charge is -2.29. The fourth-order valence-electron chi connectivity index (χ4n) is 7.51. The van der Waals surface area contributed by atoms with Crippen molar-refractivity contribution in [1.82, 2.24) is 30.7 Å². The Morgan fingerprint density at radius 2 is 1.36 bits per heavy atom. The van der Waals surface area contributed by atoms with Crippen LogP contribution in [0.15, 0.2) is 66.9 Å². The molecular formula is C39H28F8N6O3. The molecule has 8 rings (SSSR count). The number of amides is 3. The number of rotatable bonds is 9. The molecule has 17 heteroatoms. The van der Waals surface area contributed by atoms with Gasteiger partial charge < -0.3 is 16.0 Å². The third-order valence-electron chi connectivity index (χ3n) is 10.1. The molecule has 288 valence electrons. The minimum absolute atomic E-state index is 0.0187. The fraction of sp³-hybridized carbons (Fsp3) is 0.256. The summed E-state index contributed by atoms with van der Waals surface area (Å²) < 4.78 is 117. The molecule has 0 fully saturated rings. The largest absolute Gasteiger partial charge is 0.348 e. The molecular weight excluding hydrogens is 752 g/mol. The summed E-state index contributed by atoms with van der Waals surface area (Å²) in [6.45, 7) is -0.588. The van der Waals surface area contributed by atoms with E-state index in [1.807, 2.05) is 0 Å². The smallest absolute Gasteiger partial charge is 0.290 e. The van der Waals surface area contributed by atoms with Gasteiger partial charge in [-0.3, -0.25) is 24.0 Å². The van der Waals surface area contributed by atoms with E-state index in [-0.39, 0.29) is 40.7 Å². The van der Waals surface area contributed by atoms with E-state index < -0.39 is 78.2 Å². The molecule has 1 aliphatic carbocycles. The molecule has 0 bridgehead atoms. The lowest BCUT2D eigenvalue weighted by molar-refractivity contribution is -0.123. The molecule has 9 nitrogen and oxygen atoms in total. The Bertz CT molecular complexity index is 2450. The van der Waals surface area contributed by atoms with Crippen molar-refractivity contribution in [1.29, 1.82) is 0 Å². The number of hydrogen-bond donors (Lipinski definition) is 3. The van der Waals surface area contributed by atoms with E-state index in [9.17, 15) is 40.7 Å². The highest BCUT2D eigenvalue weighted by Crippen LogP contribution is 2.52. The van der Waals surface area contributed by atoms with Crippen LogP contribution >= 0.6 is 0 Å². The van der Waals surface area contributed by atoms with E-state index >= 15 is 8.78 Å². The van der Waals surface area contributed by atoms with E-state index in [2.05, 4.69) is 26.0 Å². The van der Waals surface area contributed by atoms with Gasteiger partial charge in [0, 0.05) is 60.4 Å². The molecule has 0 radical (unpaired) electrons. The predicted octanol–water partition coefficient (Wildman–Crippen LogP) is 7.39. The second-order valence-electron chi connectivity index (χ2n) is 13.8. The molecule has 3 aliphatic rings. The van der Waals surface area contributed by atoms with Gasteiger partial charge >= 0.3 is 0 Å². The van der Waals surface area contributed by atoms with Crippen molar-refractivity contribution in [2.24, 2.45) is 0 Å². The van der Waals surface area contributed by atoms with Crippen LogP contribution in [-0.2, 0) is 42.7 Å². The summed E-state index contributed by atoms with van der Waals surface area (Å²) in [7, 11) is 0. The van der Waals surface area contributed by atoms with Gasteiger partial charge in [-0.15, -0.1) is 0 Å². The average molecular weight is 781 g/mol. The number of carbonyl (C=O) groups excluding carboxylic acids is 3. The normalized spacial score (nSPS) is 16.9. The first-order valence-electron chi connectivity index (χ1n) is 17.3. The fourth-order valence-corrected chi connectivity index (χ4v) is 7.51. The number of fused-ring (bicyclic) bond motifs is 3. The third-order valence-corrected chi connectivity index (χ3v) is 10.1. The van der Waals surface area contributed by atoms with Gasteiger partial charge in [0.2, 0.25) is 5.91 Å². The van der Waals surface area contributed by atoms with Crippen LogP contribution in [0, 0.1) is 11.6 Å². The first kappa shape index (κ1) is 36.8. The van der Waals surface area contributed by atoms with Crippen molar-refractivity contribution in [3.05, 3.63) is 129 Å². The van der Waals surface area contributed by atoms with Gasteiger partial charge in [-0.25, -0.2) is 26.3 Å². The van der Waals surface area contributed by atoms with Gasteiger partial charge in [0.25, 0.3) is 30.1 Å².